The zero-order chi connectivity index (χ0) is 35.6. The third kappa shape index (κ3) is 6.81. The van der Waals surface area contributed by atoms with Gasteiger partial charge in [0.1, 0.15) is 29.3 Å². The molecule has 2 heterocycles. The zero-order valence-electron chi connectivity index (χ0n) is 28.3. The molecular formula is C37H40N5O6S2+. The molecule has 0 fully saturated rings. The van der Waals surface area contributed by atoms with Crippen LogP contribution in [0, 0.1) is 0 Å². The summed E-state index contributed by atoms with van der Waals surface area (Å²) in [4.78, 5) is 1.29. The number of H-pyrrole nitrogens is 1. The van der Waals surface area contributed by atoms with Gasteiger partial charge in [-0.15, -0.1) is 0 Å². The van der Waals surface area contributed by atoms with Crippen LogP contribution in [0.25, 0.3) is 33.4 Å². The molecule has 4 aromatic rings. The Hall–Kier alpha value is -4.82. The number of aromatic amines is 1. The van der Waals surface area contributed by atoms with Gasteiger partial charge >= 0.3 is 0 Å². The lowest BCUT2D eigenvalue weighted by Crippen LogP contribution is -2.29. The second kappa shape index (κ2) is 14.2. The van der Waals surface area contributed by atoms with Crippen molar-refractivity contribution in [3.63, 3.8) is 0 Å². The maximum Gasteiger partial charge on any atom is 0.295 e. The van der Waals surface area contributed by atoms with Gasteiger partial charge in [0.15, 0.2) is 0 Å². The van der Waals surface area contributed by atoms with E-state index < -0.39 is 31.1 Å². The summed E-state index contributed by atoms with van der Waals surface area (Å²) in [5, 5.41) is 8.23. The van der Waals surface area contributed by atoms with E-state index in [1.54, 1.807) is 30.5 Å². The van der Waals surface area contributed by atoms with Crippen LogP contribution in [0.5, 0.6) is 0 Å². The average molecular weight is 715 g/mol. The summed E-state index contributed by atoms with van der Waals surface area (Å²) in [6, 6.07) is 23.4. The summed E-state index contributed by atoms with van der Waals surface area (Å²) >= 11 is 0. The quantitative estimate of drug-likeness (QED) is 0.0807. The number of benzene rings is 4. The van der Waals surface area contributed by atoms with E-state index in [0.717, 1.165) is 43.3 Å². The van der Waals surface area contributed by atoms with Crippen molar-refractivity contribution < 1.29 is 25.8 Å². The van der Waals surface area contributed by atoms with Crippen LogP contribution in [0.3, 0.4) is 0 Å². The van der Waals surface area contributed by atoms with Gasteiger partial charge in [-0.1, -0.05) is 36.4 Å². The van der Waals surface area contributed by atoms with E-state index in [1.807, 2.05) is 42.5 Å². The van der Waals surface area contributed by atoms with Gasteiger partial charge in [-0.05, 0) is 63.6 Å². The molecule has 0 bridgehead atoms. The van der Waals surface area contributed by atoms with E-state index in [1.165, 1.54) is 18.3 Å². The van der Waals surface area contributed by atoms with Crippen molar-refractivity contribution in [2.24, 2.45) is 0 Å². The Morgan fingerprint density at radius 1 is 0.860 bits per heavy atom. The molecule has 0 saturated heterocycles. The van der Waals surface area contributed by atoms with Crippen molar-refractivity contribution in [1.29, 1.82) is 0 Å². The molecule has 1 atom stereocenters. The molecule has 0 amide bonds. The molecule has 260 valence electrons. The van der Waals surface area contributed by atoms with Crippen LogP contribution in [-0.2, 0) is 20.1 Å². The lowest BCUT2D eigenvalue weighted by Gasteiger charge is -2.23. The number of hydrogen-bond acceptors (Lipinski definition) is 7. The van der Waals surface area contributed by atoms with Crippen LogP contribution in [0.15, 0.2) is 112 Å². The van der Waals surface area contributed by atoms with Crippen LogP contribution in [0.1, 0.15) is 44.9 Å². The highest BCUT2D eigenvalue weighted by atomic mass is 32.2. The summed E-state index contributed by atoms with van der Waals surface area (Å²) in [5.41, 5.74) is 3.89. The summed E-state index contributed by atoms with van der Waals surface area (Å²) in [7, 11) is -9.28. The lowest BCUT2D eigenvalue weighted by molar-refractivity contribution is 0.483. The van der Waals surface area contributed by atoms with Gasteiger partial charge in [0.25, 0.3) is 10.1 Å². The van der Waals surface area contributed by atoms with E-state index in [0.29, 0.717) is 39.0 Å². The Morgan fingerprint density at radius 3 is 2.22 bits per heavy atom. The molecule has 6 rings (SSSR count). The molecule has 0 radical (unpaired) electrons. The van der Waals surface area contributed by atoms with Crippen LogP contribution in [-0.4, -0.2) is 57.8 Å². The van der Waals surface area contributed by atoms with Gasteiger partial charge < -0.3 is 9.32 Å². The van der Waals surface area contributed by atoms with Crippen molar-refractivity contribution >= 4 is 36.8 Å². The summed E-state index contributed by atoms with van der Waals surface area (Å²) in [6.45, 7) is 11.4. The fourth-order valence-corrected chi connectivity index (χ4v) is 8.47. The van der Waals surface area contributed by atoms with Crippen molar-refractivity contribution in [3.05, 3.63) is 114 Å². The van der Waals surface area contributed by atoms with E-state index >= 15 is 0 Å². The molecular weight excluding hydrogens is 675 g/mol. The highest BCUT2D eigenvalue weighted by molar-refractivity contribution is 7.89. The molecule has 13 heteroatoms. The average Bonchev–Trinajstić information content (AvgIpc) is 3.65. The number of nitrogens with zero attached hydrogens (tertiary/aromatic N) is 3. The molecule has 1 aliphatic heterocycles. The standard InChI is InChI=1S/C37H39N5O6S2/c1-5-41(6-2)27-14-17-30-33(20-27)48-34-21-28(42(7-3)8-4)15-18-31(34)36(30)32-19-16-29(22-35(32)50(45,46)47)49(43,44)40-37(26-23-38-39-24-26)25-12-10-9-11-13-25/h9-24,37,40H,5-8H2,1-4H3,(H-,38,39,45,46,47)/p+1. The second-order valence-electron chi connectivity index (χ2n) is 11.8. The molecule has 11 nitrogen and oxygen atoms in total. The van der Waals surface area contributed by atoms with Crippen LogP contribution in [0.2, 0.25) is 0 Å². The molecule has 0 saturated carbocycles. The minimum atomic E-state index is -4.94. The van der Waals surface area contributed by atoms with Gasteiger partial charge in [-0.3, -0.25) is 9.65 Å². The molecule has 1 aromatic heterocycles. The minimum absolute atomic E-state index is 0.137. The zero-order valence-corrected chi connectivity index (χ0v) is 29.9. The van der Waals surface area contributed by atoms with Crippen molar-refractivity contribution in [2.75, 3.05) is 31.1 Å². The Balaban J connectivity index is 1.58. The highest BCUT2D eigenvalue weighted by Gasteiger charge is 2.29. The van der Waals surface area contributed by atoms with Gasteiger partial charge in [-0.2, -0.15) is 18.2 Å². The van der Waals surface area contributed by atoms with E-state index in [2.05, 4.69) is 52.1 Å². The fraction of sp³-hybridized carbons (Fsp3) is 0.243. The van der Waals surface area contributed by atoms with Crippen LogP contribution in [0.4, 0.5) is 5.69 Å². The number of nitrogens with one attached hydrogen (secondary N) is 2. The maximum atomic E-state index is 13.9. The van der Waals surface area contributed by atoms with E-state index in [9.17, 15) is 21.4 Å². The Kier molecular flexibility index (Phi) is 9.94. The smallest absolute Gasteiger partial charge is 0.295 e. The predicted molar refractivity (Wildman–Crippen MR) is 195 cm³/mol. The number of rotatable bonds is 12. The van der Waals surface area contributed by atoms with E-state index in [-0.39, 0.29) is 10.5 Å². The van der Waals surface area contributed by atoms with Crippen molar-refractivity contribution in [2.45, 2.75) is 43.5 Å². The monoisotopic (exact) mass is 714 g/mol. The fourth-order valence-electron chi connectivity index (χ4n) is 6.43. The molecule has 1 unspecified atom stereocenters. The number of fused-ring (bicyclic) bond motifs is 2. The number of hydrogen-bond donors (Lipinski definition) is 3. The minimum Gasteiger partial charge on any atom is -0.456 e. The van der Waals surface area contributed by atoms with Gasteiger partial charge in [-0.25, -0.2) is 13.0 Å². The maximum absolute atomic E-state index is 13.9. The molecule has 1 aliphatic carbocycles. The predicted octanol–water partition coefficient (Wildman–Crippen LogP) is 5.90. The third-order valence-corrected chi connectivity index (χ3v) is 11.3. The normalized spacial score (nSPS) is 12.7. The first-order valence-electron chi connectivity index (χ1n) is 16.5. The van der Waals surface area contributed by atoms with Gasteiger partial charge in [0, 0.05) is 64.7 Å². The van der Waals surface area contributed by atoms with Crippen molar-refractivity contribution in [3.8, 4) is 22.5 Å². The highest BCUT2D eigenvalue weighted by Crippen LogP contribution is 2.43. The third-order valence-electron chi connectivity index (χ3n) is 9.02. The van der Waals surface area contributed by atoms with Gasteiger partial charge in [0.05, 0.1) is 23.2 Å². The van der Waals surface area contributed by atoms with Crippen LogP contribution < -0.4 is 19.6 Å². The topological polar surface area (TPSA) is 149 Å². The summed E-state index contributed by atoms with van der Waals surface area (Å²) < 4.78 is 76.2. The Bertz CT molecular complexity index is 2400. The molecule has 3 N–H and O–H groups in total. The Labute approximate surface area is 292 Å². The van der Waals surface area contributed by atoms with E-state index in [4.69, 9.17) is 4.42 Å². The number of anilines is 1. The molecule has 3 aromatic carbocycles. The summed E-state index contributed by atoms with van der Waals surface area (Å²) in [5.74, 6) is 0.513. The molecule has 0 spiro atoms. The Morgan fingerprint density at radius 2 is 1.58 bits per heavy atom. The first kappa shape index (κ1) is 35.0. The summed E-state index contributed by atoms with van der Waals surface area (Å²) in [6.07, 6.45) is 3.10. The second-order valence-corrected chi connectivity index (χ2v) is 14.9. The number of aromatic nitrogens is 2. The van der Waals surface area contributed by atoms with Crippen LogP contribution >= 0.6 is 0 Å². The SMILES string of the molecule is CCN(CC)c1ccc2c(-c3ccc(S(=O)(=O)NC(c4ccccc4)c4cn[nH]c4)cc3S(=O)(=O)O)c3ccc(=[N+](CC)CC)cc-3oc2c1. The van der Waals surface area contributed by atoms with Crippen molar-refractivity contribution in [1.82, 2.24) is 19.5 Å². The first-order valence-corrected chi connectivity index (χ1v) is 19.4. The lowest BCUT2D eigenvalue weighted by atomic mass is 9.93. The molecule has 2 aliphatic rings. The first-order chi connectivity index (χ1) is 24.0. The molecule has 50 heavy (non-hydrogen) atoms. The number of sulfonamides is 1. The van der Waals surface area contributed by atoms with Gasteiger partial charge in [0.2, 0.25) is 15.4 Å². The largest absolute Gasteiger partial charge is 0.456 e.